The van der Waals surface area contributed by atoms with Gasteiger partial charge in [-0.05, 0) is 64.2 Å². The van der Waals surface area contributed by atoms with Crippen LogP contribution in [0.25, 0.3) is 0 Å². The molecule has 1 aliphatic heterocycles. The zero-order valence-electron chi connectivity index (χ0n) is 18.0. The van der Waals surface area contributed by atoms with Crippen LogP contribution in [0.4, 0.5) is 4.79 Å². The number of hydrogen-bond donors (Lipinski definition) is 1. The number of rotatable bonds is 9. The van der Waals surface area contributed by atoms with E-state index in [1.54, 1.807) is 30.0 Å². The molecule has 1 aromatic carbocycles. The van der Waals surface area contributed by atoms with Gasteiger partial charge in [0.2, 0.25) is 0 Å². The van der Waals surface area contributed by atoms with Crippen molar-refractivity contribution in [2.45, 2.75) is 53.0 Å². The zero-order valence-corrected chi connectivity index (χ0v) is 18.0. The SMILES string of the molecule is CCCOc1ccc(C(=O)N[C@H](C)[C@H]2CCCN(C(=O)OCC)C2)cc1OCC. The maximum absolute atomic E-state index is 12.8. The topological polar surface area (TPSA) is 77.1 Å². The number of benzene rings is 1. The summed E-state index contributed by atoms with van der Waals surface area (Å²) >= 11 is 0. The number of likely N-dealkylation sites (tertiary alicyclic amines) is 1. The third-order valence-electron chi connectivity index (χ3n) is 5.02. The van der Waals surface area contributed by atoms with Gasteiger partial charge in [-0.3, -0.25) is 4.79 Å². The first-order valence-electron chi connectivity index (χ1n) is 10.6. The van der Waals surface area contributed by atoms with Gasteiger partial charge in [0.25, 0.3) is 5.91 Å². The van der Waals surface area contributed by atoms with Crippen LogP contribution in [0, 0.1) is 5.92 Å². The summed E-state index contributed by atoms with van der Waals surface area (Å²) in [6, 6.07) is 5.19. The average molecular weight is 407 g/mol. The molecule has 0 spiro atoms. The Hall–Kier alpha value is -2.44. The van der Waals surface area contributed by atoms with Crippen molar-refractivity contribution in [3.63, 3.8) is 0 Å². The summed E-state index contributed by atoms with van der Waals surface area (Å²) in [6.07, 6.45) is 2.49. The molecule has 2 atom stereocenters. The fourth-order valence-corrected chi connectivity index (χ4v) is 3.46. The van der Waals surface area contributed by atoms with Crippen molar-refractivity contribution in [2.75, 3.05) is 32.9 Å². The van der Waals surface area contributed by atoms with Crippen molar-refractivity contribution in [3.05, 3.63) is 23.8 Å². The van der Waals surface area contributed by atoms with E-state index in [-0.39, 0.29) is 24.0 Å². The Bertz CT molecular complexity index is 679. The van der Waals surface area contributed by atoms with E-state index >= 15 is 0 Å². The van der Waals surface area contributed by atoms with E-state index in [1.807, 2.05) is 20.8 Å². The number of ether oxygens (including phenoxy) is 3. The molecule has 0 aliphatic carbocycles. The van der Waals surface area contributed by atoms with Gasteiger partial charge in [0, 0.05) is 24.7 Å². The van der Waals surface area contributed by atoms with E-state index in [2.05, 4.69) is 5.32 Å². The fourth-order valence-electron chi connectivity index (χ4n) is 3.46. The van der Waals surface area contributed by atoms with Crippen molar-refractivity contribution in [1.82, 2.24) is 10.2 Å². The normalized spacial score (nSPS) is 17.4. The molecule has 0 radical (unpaired) electrons. The molecule has 1 heterocycles. The lowest BCUT2D eigenvalue weighted by Gasteiger charge is -2.35. The molecule has 2 amide bonds. The number of nitrogens with zero attached hydrogens (tertiary/aromatic N) is 1. The lowest BCUT2D eigenvalue weighted by molar-refractivity contribution is 0.0789. The largest absolute Gasteiger partial charge is 0.490 e. The molecular formula is C22H34N2O5. The molecule has 1 N–H and O–H groups in total. The van der Waals surface area contributed by atoms with Crippen LogP contribution in [-0.2, 0) is 4.74 Å². The van der Waals surface area contributed by atoms with Crippen LogP contribution in [0.15, 0.2) is 18.2 Å². The molecule has 29 heavy (non-hydrogen) atoms. The lowest BCUT2D eigenvalue weighted by atomic mass is 9.91. The monoisotopic (exact) mass is 406 g/mol. The highest BCUT2D eigenvalue weighted by Gasteiger charge is 2.29. The van der Waals surface area contributed by atoms with Crippen LogP contribution in [0.3, 0.4) is 0 Å². The van der Waals surface area contributed by atoms with Crippen LogP contribution < -0.4 is 14.8 Å². The van der Waals surface area contributed by atoms with Crippen LogP contribution >= 0.6 is 0 Å². The third kappa shape index (κ3) is 6.54. The summed E-state index contributed by atoms with van der Waals surface area (Å²) in [5, 5.41) is 3.08. The van der Waals surface area contributed by atoms with Crippen molar-refractivity contribution < 1.29 is 23.8 Å². The quantitative estimate of drug-likeness (QED) is 0.674. The first kappa shape index (κ1) is 22.8. The summed E-state index contributed by atoms with van der Waals surface area (Å²) < 4.78 is 16.5. The van der Waals surface area contributed by atoms with Crippen molar-refractivity contribution in [1.29, 1.82) is 0 Å². The van der Waals surface area contributed by atoms with E-state index in [9.17, 15) is 9.59 Å². The maximum atomic E-state index is 12.8. The molecule has 1 saturated heterocycles. The molecule has 0 unspecified atom stereocenters. The number of nitrogens with one attached hydrogen (secondary N) is 1. The molecule has 0 saturated carbocycles. The highest BCUT2D eigenvalue weighted by atomic mass is 16.6. The van der Waals surface area contributed by atoms with E-state index in [4.69, 9.17) is 14.2 Å². The van der Waals surface area contributed by atoms with Crippen LogP contribution in [0.2, 0.25) is 0 Å². The number of amides is 2. The minimum Gasteiger partial charge on any atom is -0.490 e. The number of hydrogen-bond acceptors (Lipinski definition) is 5. The van der Waals surface area contributed by atoms with E-state index in [0.717, 1.165) is 19.3 Å². The predicted molar refractivity (Wildman–Crippen MR) is 112 cm³/mol. The molecule has 0 aromatic heterocycles. The van der Waals surface area contributed by atoms with Gasteiger partial charge in [-0.2, -0.15) is 0 Å². The van der Waals surface area contributed by atoms with Gasteiger partial charge in [-0.25, -0.2) is 4.79 Å². The molecule has 1 aliphatic rings. The Balaban J connectivity index is 2.01. The fraction of sp³-hybridized carbons (Fsp3) is 0.636. The molecular weight excluding hydrogens is 372 g/mol. The molecule has 7 heteroatoms. The standard InChI is InChI=1S/C22H34N2O5/c1-5-13-29-19-11-10-17(14-20(19)27-6-2)21(25)23-16(4)18-9-8-12-24(15-18)22(26)28-7-3/h10-11,14,16,18H,5-9,12-13,15H2,1-4H3,(H,23,25)/t16-,18+/m1/s1. The van der Waals surface area contributed by atoms with E-state index in [0.29, 0.717) is 50.0 Å². The molecule has 7 nitrogen and oxygen atoms in total. The summed E-state index contributed by atoms with van der Waals surface area (Å²) in [5.74, 6) is 1.26. The summed E-state index contributed by atoms with van der Waals surface area (Å²) in [7, 11) is 0. The van der Waals surface area contributed by atoms with Crippen molar-refractivity contribution in [3.8, 4) is 11.5 Å². The minimum atomic E-state index is -0.278. The Morgan fingerprint density at radius 1 is 1.17 bits per heavy atom. The van der Waals surface area contributed by atoms with E-state index in [1.165, 1.54) is 0 Å². The number of piperidine rings is 1. The summed E-state index contributed by atoms with van der Waals surface area (Å²) in [4.78, 5) is 26.5. The Morgan fingerprint density at radius 3 is 2.66 bits per heavy atom. The van der Waals surface area contributed by atoms with Crippen LogP contribution in [0.1, 0.15) is 57.3 Å². The predicted octanol–water partition coefficient (Wildman–Crippen LogP) is 3.86. The second-order valence-electron chi connectivity index (χ2n) is 7.25. The van der Waals surface area contributed by atoms with Crippen LogP contribution in [0.5, 0.6) is 11.5 Å². The Kier molecular flexibility index (Phi) is 9.09. The van der Waals surface area contributed by atoms with Gasteiger partial charge in [-0.15, -0.1) is 0 Å². The molecule has 0 bridgehead atoms. The minimum absolute atomic E-state index is 0.0636. The molecule has 162 valence electrons. The van der Waals surface area contributed by atoms with Crippen LogP contribution in [-0.4, -0.2) is 55.9 Å². The highest BCUT2D eigenvalue weighted by molar-refractivity contribution is 5.95. The Labute approximate surface area is 173 Å². The average Bonchev–Trinajstić information content (AvgIpc) is 2.73. The van der Waals surface area contributed by atoms with Crippen molar-refractivity contribution >= 4 is 12.0 Å². The maximum Gasteiger partial charge on any atom is 0.409 e. The molecule has 1 aromatic rings. The van der Waals surface area contributed by atoms with Crippen molar-refractivity contribution in [2.24, 2.45) is 5.92 Å². The zero-order chi connectivity index (χ0) is 21.2. The van der Waals surface area contributed by atoms with Gasteiger partial charge >= 0.3 is 6.09 Å². The van der Waals surface area contributed by atoms with Gasteiger partial charge < -0.3 is 24.4 Å². The summed E-state index contributed by atoms with van der Waals surface area (Å²) in [5.41, 5.74) is 0.530. The van der Waals surface area contributed by atoms with Gasteiger partial charge in [-0.1, -0.05) is 6.92 Å². The Morgan fingerprint density at radius 2 is 1.97 bits per heavy atom. The molecule has 2 rings (SSSR count). The third-order valence-corrected chi connectivity index (χ3v) is 5.02. The second kappa shape index (κ2) is 11.5. The second-order valence-corrected chi connectivity index (χ2v) is 7.25. The smallest absolute Gasteiger partial charge is 0.409 e. The number of carbonyl (C=O) groups excluding carboxylic acids is 2. The first-order valence-corrected chi connectivity index (χ1v) is 10.6. The van der Waals surface area contributed by atoms with E-state index < -0.39 is 0 Å². The van der Waals surface area contributed by atoms with Gasteiger partial charge in [0.1, 0.15) is 0 Å². The summed E-state index contributed by atoms with van der Waals surface area (Å²) in [6.45, 7) is 10.5. The first-order chi connectivity index (χ1) is 14.0. The van der Waals surface area contributed by atoms with Gasteiger partial charge in [0.15, 0.2) is 11.5 Å². The molecule has 1 fully saturated rings. The highest BCUT2D eigenvalue weighted by Crippen LogP contribution is 2.29. The lowest BCUT2D eigenvalue weighted by Crippen LogP contribution is -2.48. The van der Waals surface area contributed by atoms with Gasteiger partial charge in [0.05, 0.1) is 19.8 Å². The number of carbonyl (C=O) groups is 2.